The fourth-order valence-electron chi connectivity index (χ4n) is 3.32. The van der Waals surface area contributed by atoms with Crippen molar-refractivity contribution >= 4 is 17.6 Å². The number of hydrogen-bond donors (Lipinski definition) is 2. The number of carbonyl (C=O) groups excluding carboxylic acids is 2. The molecule has 34 heavy (non-hydrogen) atoms. The van der Waals surface area contributed by atoms with Crippen molar-refractivity contribution in [2.75, 3.05) is 5.32 Å². The number of carbonyl (C=O) groups is 2. The third kappa shape index (κ3) is 4.95. The van der Waals surface area contributed by atoms with Crippen LogP contribution in [0.4, 0.5) is 14.6 Å². The number of nitrogens with zero attached hydrogens (tertiary/aromatic N) is 3. The van der Waals surface area contributed by atoms with Crippen LogP contribution in [0.25, 0.3) is 11.1 Å². The molecule has 0 saturated heterocycles. The van der Waals surface area contributed by atoms with Crippen LogP contribution < -0.4 is 10.6 Å². The van der Waals surface area contributed by atoms with Crippen LogP contribution >= 0.6 is 0 Å². The molecule has 1 fully saturated rings. The number of amides is 2. The van der Waals surface area contributed by atoms with Gasteiger partial charge in [-0.2, -0.15) is 4.98 Å². The van der Waals surface area contributed by atoms with E-state index < -0.39 is 23.0 Å². The molecule has 2 heterocycles. The highest BCUT2D eigenvalue weighted by Gasteiger charge is 2.30. The number of rotatable bonds is 6. The maximum absolute atomic E-state index is 15.2. The Morgan fingerprint density at radius 1 is 1.21 bits per heavy atom. The minimum Gasteiger partial charge on any atom is -0.345 e. The summed E-state index contributed by atoms with van der Waals surface area (Å²) in [5, 5.41) is 8.91. The number of halogens is 2. The minimum atomic E-state index is -0.799. The van der Waals surface area contributed by atoms with E-state index in [9.17, 15) is 14.0 Å². The van der Waals surface area contributed by atoms with Crippen LogP contribution in [-0.4, -0.2) is 26.9 Å². The summed E-state index contributed by atoms with van der Waals surface area (Å²) in [6, 6.07) is 4.08. The van der Waals surface area contributed by atoms with Gasteiger partial charge in [0.25, 0.3) is 11.7 Å². The fraction of sp³-hybridized carbons (Fsp3) is 0.375. The van der Waals surface area contributed by atoms with E-state index in [-0.39, 0.29) is 52.3 Å². The van der Waals surface area contributed by atoms with Gasteiger partial charge in [0.2, 0.25) is 11.8 Å². The molecule has 8 nitrogen and oxygen atoms in total. The monoisotopic (exact) mass is 469 g/mol. The molecule has 4 rings (SSSR count). The van der Waals surface area contributed by atoms with Crippen LogP contribution in [0.3, 0.4) is 0 Å². The molecule has 1 saturated carbocycles. The number of hydrogen-bond acceptors (Lipinski definition) is 6. The summed E-state index contributed by atoms with van der Waals surface area (Å²) in [6.07, 6.45) is 3.05. The zero-order valence-electron chi connectivity index (χ0n) is 19.3. The molecule has 3 aromatic rings. The van der Waals surface area contributed by atoms with Crippen molar-refractivity contribution in [1.82, 2.24) is 20.4 Å². The molecule has 1 aliphatic carbocycles. The molecule has 0 bridgehead atoms. The lowest BCUT2D eigenvalue weighted by atomic mass is 9.97. The molecule has 0 aliphatic heterocycles. The molecule has 1 aliphatic rings. The van der Waals surface area contributed by atoms with Gasteiger partial charge in [-0.15, -0.1) is 0 Å². The molecule has 178 valence electrons. The maximum Gasteiger partial charge on any atom is 0.292 e. The van der Waals surface area contributed by atoms with E-state index in [1.807, 2.05) is 20.8 Å². The highest BCUT2D eigenvalue weighted by molar-refractivity contribution is 5.93. The quantitative estimate of drug-likeness (QED) is 0.557. The third-order valence-corrected chi connectivity index (χ3v) is 5.53. The van der Waals surface area contributed by atoms with Crippen molar-refractivity contribution < 1.29 is 22.9 Å². The lowest BCUT2D eigenvalue weighted by molar-refractivity contribution is -0.117. The number of nitrogens with one attached hydrogen (secondary N) is 2. The highest BCUT2D eigenvalue weighted by atomic mass is 19.1. The Kier molecular flexibility index (Phi) is 6.16. The van der Waals surface area contributed by atoms with Crippen LogP contribution in [0.5, 0.6) is 0 Å². The molecule has 10 heteroatoms. The minimum absolute atomic E-state index is 0.0248. The highest BCUT2D eigenvalue weighted by Crippen LogP contribution is 2.33. The lowest BCUT2D eigenvalue weighted by Crippen LogP contribution is -2.25. The van der Waals surface area contributed by atoms with Crippen molar-refractivity contribution in [2.24, 2.45) is 5.92 Å². The number of pyridine rings is 1. The average Bonchev–Trinajstić information content (AvgIpc) is 3.50. The third-order valence-electron chi connectivity index (χ3n) is 5.53. The molecular weight excluding hydrogens is 444 g/mol. The Bertz CT molecular complexity index is 1260. The normalized spacial score (nSPS) is 13.6. The first kappa shape index (κ1) is 23.5. The molecule has 0 radical (unpaired) electrons. The summed E-state index contributed by atoms with van der Waals surface area (Å²) in [7, 11) is 0. The predicted octanol–water partition coefficient (Wildman–Crippen LogP) is 4.29. The molecular formula is C24H25F2N5O3. The van der Waals surface area contributed by atoms with Crippen molar-refractivity contribution in [3.8, 4) is 11.1 Å². The van der Waals surface area contributed by atoms with Crippen LogP contribution in [0.1, 0.15) is 61.2 Å². The Labute approximate surface area is 195 Å². The Morgan fingerprint density at radius 2 is 1.94 bits per heavy atom. The van der Waals surface area contributed by atoms with Gasteiger partial charge < -0.3 is 15.2 Å². The van der Waals surface area contributed by atoms with Crippen LogP contribution in [0.15, 0.2) is 28.9 Å². The van der Waals surface area contributed by atoms with Gasteiger partial charge in [-0.05, 0) is 54.7 Å². The topological polar surface area (TPSA) is 110 Å². The smallest absolute Gasteiger partial charge is 0.292 e. The molecule has 2 aromatic heterocycles. The first-order valence-corrected chi connectivity index (χ1v) is 10.9. The van der Waals surface area contributed by atoms with Gasteiger partial charge >= 0.3 is 0 Å². The van der Waals surface area contributed by atoms with E-state index in [0.29, 0.717) is 5.89 Å². The fourth-order valence-corrected chi connectivity index (χ4v) is 3.32. The van der Waals surface area contributed by atoms with Crippen LogP contribution in [0, 0.1) is 24.5 Å². The van der Waals surface area contributed by atoms with E-state index in [2.05, 4.69) is 25.8 Å². The number of anilines is 1. The standard InChI is InChI=1S/C24H25F2N5O3/c1-12-15(11-28-22(33)20-30-23(34-31-20)24(2,3)4)9-16(25)18(19(12)26)14-7-8-27-17(10-14)29-21(32)13-5-6-13/h7-10,13H,5-6,11H2,1-4H3,(H,28,33)(H,27,29,32). The second-order valence-corrected chi connectivity index (χ2v) is 9.38. The zero-order chi connectivity index (χ0) is 24.6. The van der Waals surface area contributed by atoms with Gasteiger partial charge in [0, 0.05) is 24.1 Å². The number of benzene rings is 1. The zero-order valence-corrected chi connectivity index (χ0v) is 19.3. The largest absolute Gasteiger partial charge is 0.345 e. The van der Waals surface area contributed by atoms with Crippen molar-refractivity contribution in [3.05, 3.63) is 58.9 Å². The average molecular weight is 469 g/mol. The van der Waals surface area contributed by atoms with E-state index >= 15 is 4.39 Å². The van der Waals surface area contributed by atoms with Gasteiger partial charge in [-0.1, -0.05) is 25.9 Å². The number of aromatic nitrogens is 3. The maximum atomic E-state index is 15.2. The molecule has 0 atom stereocenters. The van der Waals surface area contributed by atoms with E-state index in [1.165, 1.54) is 31.3 Å². The summed E-state index contributed by atoms with van der Waals surface area (Å²) in [6.45, 7) is 6.97. The van der Waals surface area contributed by atoms with Gasteiger partial charge in [-0.25, -0.2) is 13.8 Å². The van der Waals surface area contributed by atoms with Gasteiger partial charge in [0.15, 0.2) is 0 Å². The van der Waals surface area contributed by atoms with E-state index in [1.54, 1.807) is 0 Å². The lowest BCUT2D eigenvalue weighted by Gasteiger charge is -2.14. The molecule has 2 N–H and O–H groups in total. The Balaban J connectivity index is 1.52. The van der Waals surface area contributed by atoms with Crippen LogP contribution in [0.2, 0.25) is 0 Å². The summed E-state index contributed by atoms with van der Waals surface area (Å²) < 4.78 is 35.3. The van der Waals surface area contributed by atoms with E-state index in [4.69, 9.17) is 4.52 Å². The summed E-state index contributed by atoms with van der Waals surface area (Å²) in [4.78, 5) is 32.5. The second-order valence-electron chi connectivity index (χ2n) is 9.38. The first-order valence-electron chi connectivity index (χ1n) is 10.9. The van der Waals surface area contributed by atoms with Crippen molar-refractivity contribution in [1.29, 1.82) is 0 Å². The van der Waals surface area contributed by atoms with Gasteiger partial charge in [0.1, 0.15) is 17.5 Å². The SMILES string of the molecule is Cc1c(CNC(=O)c2noc(C(C)(C)C)n2)cc(F)c(-c2ccnc(NC(=O)C3CC3)c2)c1F. The molecule has 0 spiro atoms. The predicted molar refractivity (Wildman–Crippen MR) is 120 cm³/mol. The van der Waals surface area contributed by atoms with Crippen molar-refractivity contribution in [2.45, 2.75) is 52.5 Å². The molecule has 2 amide bonds. The van der Waals surface area contributed by atoms with Gasteiger partial charge in [0.05, 0.1) is 5.56 Å². The van der Waals surface area contributed by atoms with E-state index in [0.717, 1.165) is 12.8 Å². The molecule has 1 aromatic carbocycles. The van der Waals surface area contributed by atoms with Crippen molar-refractivity contribution in [3.63, 3.8) is 0 Å². The first-order chi connectivity index (χ1) is 16.0. The molecule has 0 unspecified atom stereocenters. The summed E-state index contributed by atoms with van der Waals surface area (Å²) in [5.74, 6) is -1.96. The summed E-state index contributed by atoms with van der Waals surface area (Å²) in [5.41, 5.74) is 0.0438. The Hall–Kier alpha value is -3.69. The van der Waals surface area contributed by atoms with Gasteiger partial charge in [-0.3, -0.25) is 9.59 Å². The second kappa shape index (κ2) is 8.92. The van der Waals surface area contributed by atoms with Crippen LogP contribution in [-0.2, 0) is 16.8 Å². The summed E-state index contributed by atoms with van der Waals surface area (Å²) >= 11 is 0. The Morgan fingerprint density at radius 3 is 2.59 bits per heavy atom.